The second-order valence-electron chi connectivity index (χ2n) is 11.2. The molecule has 8 nitrogen and oxygen atoms in total. The lowest BCUT2D eigenvalue weighted by Gasteiger charge is -2.28. The summed E-state index contributed by atoms with van der Waals surface area (Å²) in [6.45, 7) is 4.03. The summed E-state index contributed by atoms with van der Waals surface area (Å²) in [5.41, 5.74) is 0.860. The molecule has 1 saturated heterocycles. The van der Waals surface area contributed by atoms with Crippen molar-refractivity contribution in [3.63, 3.8) is 0 Å². The van der Waals surface area contributed by atoms with Gasteiger partial charge >= 0.3 is 0 Å². The van der Waals surface area contributed by atoms with Gasteiger partial charge in [-0.25, -0.2) is 9.37 Å². The number of carbonyl (C=O) groups excluding carboxylic acids is 2. The van der Waals surface area contributed by atoms with Crippen LogP contribution in [0, 0.1) is 5.92 Å². The third-order valence-electron chi connectivity index (χ3n) is 7.27. The van der Waals surface area contributed by atoms with Gasteiger partial charge in [-0.3, -0.25) is 14.6 Å². The van der Waals surface area contributed by atoms with E-state index in [1.165, 1.54) is 20.0 Å². The average molecular weight is 551 g/mol. The molecule has 0 saturated carbocycles. The summed E-state index contributed by atoms with van der Waals surface area (Å²) >= 11 is 0. The van der Waals surface area contributed by atoms with Gasteiger partial charge in [0, 0.05) is 19.1 Å². The van der Waals surface area contributed by atoms with Gasteiger partial charge in [0.25, 0.3) is 5.91 Å². The molecule has 2 amide bonds. The predicted molar refractivity (Wildman–Crippen MR) is 151 cm³/mol. The maximum atomic E-state index is 14.4. The molecule has 3 aromatic rings. The smallest absolute Gasteiger partial charge is 0.271 e. The number of hydrogen-bond acceptors (Lipinski definition) is 6. The maximum absolute atomic E-state index is 14.4. The summed E-state index contributed by atoms with van der Waals surface area (Å²) < 4.78 is 20.0. The molecule has 9 heteroatoms. The summed E-state index contributed by atoms with van der Waals surface area (Å²) in [4.78, 5) is 35.2. The minimum absolute atomic E-state index is 0.0275. The number of para-hydroxylation sites is 2. The lowest BCUT2D eigenvalue weighted by Crippen LogP contribution is -2.47. The zero-order chi connectivity index (χ0) is 28.5. The van der Waals surface area contributed by atoms with Gasteiger partial charge in [-0.2, -0.15) is 0 Å². The van der Waals surface area contributed by atoms with Gasteiger partial charge < -0.3 is 20.5 Å². The molecule has 2 aromatic carbocycles. The molecule has 1 aromatic heterocycles. The van der Waals surface area contributed by atoms with E-state index in [1.54, 1.807) is 6.07 Å². The van der Waals surface area contributed by atoms with Crippen LogP contribution in [0.1, 0.15) is 62.0 Å². The Balaban J connectivity index is 1.50. The minimum atomic E-state index is -1.45. The molecule has 1 aliphatic rings. The molecular formula is C31H39FN4O4. The molecule has 0 aliphatic carbocycles. The van der Waals surface area contributed by atoms with Crippen LogP contribution in [0.15, 0.2) is 60.8 Å². The lowest BCUT2D eigenvalue weighted by molar-refractivity contribution is -0.127. The van der Waals surface area contributed by atoms with Crippen LogP contribution < -0.4 is 10.6 Å². The number of aromatic nitrogens is 2. The third-order valence-corrected chi connectivity index (χ3v) is 7.27. The van der Waals surface area contributed by atoms with Gasteiger partial charge in [-0.05, 0) is 70.1 Å². The zero-order valence-corrected chi connectivity index (χ0v) is 23.2. The Labute approximate surface area is 234 Å². The first-order chi connectivity index (χ1) is 19.2. The Morgan fingerprint density at radius 2 is 1.85 bits per heavy atom. The second-order valence-corrected chi connectivity index (χ2v) is 11.2. The predicted octanol–water partition coefficient (Wildman–Crippen LogP) is 4.16. The number of fused-ring (bicyclic) bond motifs is 1. The topological polar surface area (TPSA) is 113 Å². The van der Waals surface area contributed by atoms with Crippen molar-refractivity contribution in [3.05, 3.63) is 72.1 Å². The highest BCUT2D eigenvalue weighted by Crippen LogP contribution is 2.25. The first-order valence-electron chi connectivity index (χ1n) is 14.0. The van der Waals surface area contributed by atoms with Crippen molar-refractivity contribution in [2.45, 2.75) is 76.3 Å². The molecule has 3 N–H and O–H groups in total. The number of nitrogens with one attached hydrogen (secondary N) is 2. The van der Waals surface area contributed by atoms with Crippen LogP contribution in [-0.2, 0) is 16.0 Å². The number of benzene rings is 2. The SMILES string of the molecule is CC(C)(F)CC[C@H](C[C@H](O)[C@H](Cc1ccccc1)NC(=O)c1cnc2ccccc2n1)C(=O)NCC1CCCO1. The van der Waals surface area contributed by atoms with E-state index in [-0.39, 0.29) is 37.0 Å². The van der Waals surface area contributed by atoms with E-state index in [1.807, 2.05) is 48.5 Å². The molecule has 214 valence electrons. The monoisotopic (exact) mass is 550 g/mol. The largest absolute Gasteiger partial charge is 0.391 e. The molecule has 0 bridgehead atoms. The van der Waals surface area contributed by atoms with E-state index in [9.17, 15) is 19.1 Å². The molecule has 0 radical (unpaired) electrons. The maximum Gasteiger partial charge on any atom is 0.271 e. The van der Waals surface area contributed by atoms with E-state index < -0.39 is 29.6 Å². The van der Waals surface area contributed by atoms with Gasteiger partial charge in [0.05, 0.1) is 35.5 Å². The summed E-state index contributed by atoms with van der Waals surface area (Å²) in [7, 11) is 0. The molecule has 2 heterocycles. The first-order valence-corrected chi connectivity index (χ1v) is 14.0. The molecule has 1 aliphatic heterocycles. The Morgan fingerprint density at radius 3 is 2.55 bits per heavy atom. The standard InChI is InChI=1S/C31H39FN4O4/c1-31(2,32)15-14-22(29(38)34-19-23-11-8-16-40-23)18-28(37)26(17-21-9-4-3-5-10-21)36-30(39)27-20-33-24-12-6-7-13-25(24)35-27/h3-7,9-10,12-13,20,22-23,26,28,37H,8,11,14-19H2,1-2H3,(H,34,38)(H,36,39)/t22-,23?,26+,28+/m1/s1. The van der Waals surface area contributed by atoms with Crippen LogP contribution in [0.4, 0.5) is 4.39 Å². The van der Waals surface area contributed by atoms with Gasteiger partial charge in [0.2, 0.25) is 5.91 Å². The minimum Gasteiger partial charge on any atom is -0.391 e. The average Bonchev–Trinajstić information content (AvgIpc) is 3.47. The number of aliphatic hydroxyl groups is 1. The molecule has 4 rings (SSSR count). The van der Waals surface area contributed by atoms with Crippen LogP contribution in [0.5, 0.6) is 0 Å². The molecular weight excluding hydrogens is 511 g/mol. The summed E-state index contributed by atoms with van der Waals surface area (Å²) in [6.07, 6.45) is 2.99. The van der Waals surface area contributed by atoms with Crippen molar-refractivity contribution < 1.29 is 23.8 Å². The third kappa shape index (κ3) is 8.79. The quantitative estimate of drug-likeness (QED) is 0.295. The van der Waals surface area contributed by atoms with Crippen molar-refractivity contribution in [2.75, 3.05) is 13.2 Å². The molecule has 0 spiro atoms. The number of hydrogen-bond donors (Lipinski definition) is 3. The highest BCUT2D eigenvalue weighted by Gasteiger charge is 2.31. The highest BCUT2D eigenvalue weighted by molar-refractivity contribution is 5.94. The van der Waals surface area contributed by atoms with Crippen LogP contribution in [0.3, 0.4) is 0 Å². The van der Waals surface area contributed by atoms with Crippen LogP contribution in [-0.4, -0.2) is 64.0 Å². The summed E-state index contributed by atoms with van der Waals surface area (Å²) in [5.74, 6) is -1.35. The highest BCUT2D eigenvalue weighted by atomic mass is 19.1. The number of amides is 2. The van der Waals surface area contributed by atoms with Gasteiger partial charge in [0.15, 0.2) is 0 Å². The Kier molecular flexibility index (Phi) is 10.2. The zero-order valence-electron chi connectivity index (χ0n) is 23.2. The van der Waals surface area contributed by atoms with Crippen molar-refractivity contribution in [1.29, 1.82) is 0 Å². The summed E-state index contributed by atoms with van der Waals surface area (Å²) in [6, 6.07) is 16.1. The van der Waals surface area contributed by atoms with Crippen LogP contribution >= 0.6 is 0 Å². The number of rotatable bonds is 13. The number of nitrogens with zero attached hydrogens (tertiary/aromatic N) is 2. The number of aliphatic hydroxyl groups excluding tert-OH is 1. The first kappa shape index (κ1) is 29.6. The molecule has 1 fully saturated rings. The van der Waals surface area contributed by atoms with Crippen LogP contribution in [0.25, 0.3) is 11.0 Å². The van der Waals surface area contributed by atoms with Crippen molar-refractivity contribution >= 4 is 22.8 Å². The summed E-state index contributed by atoms with van der Waals surface area (Å²) in [5, 5.41) is 17.3. The Bertz CT molecular complexity index is 1260. The van der Waals surface area contributed by atoms with Crippen molar-refractivity contribution in [3.8, 4) is 0 Å². The fourth-order valence-electron chi connectivity index (χ4n) is 4.95. The normalized spacial score (nSPS) is 17.8. The fraction of sp³-hybridized carbons (Fsp3) is 0.484. The van der Waals surface area contributed by atoms with E-state index in [0.717, 1.165) is 18.4 Å². The Hall–Kier alpha value is -3.43. The molecule has 40 heavy (non-hydrogen) atoms. The second kappa shape index (κ2) is 13.8. The van der Waals surface area contributed by atoms with E-state index in [0.29, 0.717) is 30.6 Å². The number of alkyl halides is 1. The van der Waals surface area contributed by atoms with E-state index >= 15 is 0 Å². The van der Waals surface area contributed by atoms with Gasteiger partial charge in [-0.15, -0.1) is 0 Å². The number of ether oxygens (including phenoxy) is 1. The van der Waals surface area contributed by atoms with Gasteiger partial charge in [0.1, 0.15) is 11.4 Å². The van der Waals surface area contributed by atoms with Crippen molar-refractivity contribution in [2.24, 2.45) is 5.92 Å². The van der Waals surface area contributed by atoms with E-state index in [4.69, 9.17) is 4.74 Å². The lowest BCUT2D eigenvalue weighted by atomic mass is 9.87. The van der Waals surface area contributed by atoms with Gasteiger partial charge in [-0.1, -0.05) is 42.5 Å². The fourth-order valence-corrected chi connectivity index (χ4v) is 4.95. The van der Waals surface area contributed by atoms with Crippen molar-refractivity contribution in [1.82, 2.24) is 20.6 Å². The molecule has 4 atom stereocenters. The number of carbonyl (C=O) groups is 2. The molecule has 1 unspecified atom stereocenters. The Morgan fingerprint density at radius 1 is 1.12 bits per heavy atom. The van der Waals surface area contributed by atoms with E-state index in [2.05, 4.69) is 20.6 Å². The van der Waals surface area contributed by atoms with Crippen LogP contribution in [0.2, 0.25) is 0 Å². The number of halogens is 1.